The van der Waals surface area contributed by atoms with Crippen LogP contribution in [0.15, 0.2) is 53.3 Å². The lowest BCUT2D eigenvalue weighted by molar-refractivity contribution is 0.414. The van der Waals surface area contributed by atoms with E-state index in [1.807, 2.05) is 36.4 Å². The summed E-state index contributed by atoms with van der Waals surface area (Å²) in [6, 6.07) is 16.8. The van der Waals surface area contributed by atoms with Crippen molar-refractivity contribution in [3.8, 4) is 11.8 Å². The van der Waals surface area contributed by atoms with E-state index in [1.165, 1.54) is 11.3 Å². The summed E-state index contributed by atoms with van der Waals surface area (Å²) in [6.45, 7) is 0. The van der Waals surface area contributed by atoms with E-state index in [-0.39, 0.29) is 5.56 Å². The molecule has 112 valence electrons. The zero-order chi connectivity index (χ0) is 16.2. The van der Waals surface area contributed by atoms with Gasteiger partial charge in [-0.3, -0.25) is 4.79 Å². The first-order chi connectivity index (χ1) is 11.2. The van der Waals surface area contributed by atoms with Gasteiger partial charge < -0.3 is 4.74 Å². The Morgan fingerprint density at radius 2 is 1.96 bits per heavy atom. The third kappa shape index (κ3) is 2.98. The van der Waals surface area contributed by atoms with Gasteiger partial charge in [-0.1, -0.05) is 30.3 Å². The third-order valence-electron chi connectivity index (χ3n) is 3.32. The molecule has 3 rings (SSSR count). The Kier molecular flexibility index (Phi) is 4.18. The maximum atomic E-state index is 12.1. The van der Waals surface area contributed by atoms with Gasteiger partial charge in [-0.05, 0) is 24.3 Å². The van der Waals surface area contributed by atoms with Crippen molar-refractivity contribution in [3.63, 3.8) is 0 Å². The van der Waals surface area contributed by atoms with Gasteiger partial charge in [0.1, 0.15) is 16.8 Å². The van der Waals surface area contributed by atoms with Crippen LogP contribution in [0.1, 0.15) is 10.6 Å². The molecule has 2 aromatic carbocycles. The third-order valence-corrected chi connectivity index (χ3v) is 4.40. The van der Waals surface area contributed by atoms with Gasteiger partial charge in [0, 0.05) is 10.3 Å². The molecular weight excluding hydrogens is 308 g/mol. The molecule has 0 saturated heterocycles. The van der Waals surface area contributed by atoms with Gasteiger partial charge in [0.2, 0.25) is 0 Å². The Morgan fingerprint density at radius 1 is 1.22 bits per heavy atom. The minimum absolute atomic E-state index is 0.324. The highest BCUT2D eigenvalue weighted by atomic mass is 32.1. The average molecular weight is 320 g/mol. The number of hydrogen-bond donors (Lipinski definition) is 0. The van der Waals surface area contributed by atoms with Crippen molar-refractivity contribution in [1.29, 1.82) is 5.26 Å². The predicted octanol–water partition coefficient (Wildman–Crippen LogP) is 3.73. The molecule has 0 N–H and O–H groups in total. The average Bonchev–Trinajstić information content (AvgIpc) is 2.60. The highest BCUT2D eigenvalue weighted by Gasteiger charge is 2.10. The number of rotatable bonds is 3. The largest absolute Gasteiger partial charge is 0.496 e. The van der Waals surface area contributed by atoms with Gasteiger partial charge in [0.05, 0.1) is 18.1 Å². The van der Waals surface area contributed by atoms with E-state index >= 15 is 0 Å². The number of hydrogen-bond acceptors (Lipinski definition) is 5. The number of nitrogens with zero attached hydrogens (tertiary/aromatic N) is 2. The second kappa shape index (κ2) is 6.42. The lowest BCUT2D eigenvalue weighted by Crippen LogP contribution is -2.07. The van der Waals surface area contributed by atoms with Crippen LogP contribution >= 0.6 is 11.3 Å². The summed E-state index contributed by atoms with van der Waals surface area (Å²) >= 11 is 1.32. The van der Waals surface area contributed by atoms with Crippen LogP contribution in [0.3, 0.4) is 0 Å². The first kappa shape index (κ1) is 14.9. The fourth-order valence-electron chi connectivity index (χ4n) is 2.21. The molecule has 0 radical (unpaired) electrons. The molecule has 0 aliphatic rings. The van der Waals surface area contributed by atoms with Crippen molar-refractivity contribution in [2.45, 2.75) is 0 Å². The first-order valence-electron chi connectivity index (χ1n) is 6.88. The summed E-state index contributed by atoms with van der Waals surface area (Å²) < 4.78 is 6.10. The van der Waals surface area contributed by atoms with Crippen molar-refractivity contribution in [2.24, 2.45) is 0 Å². The van der Waals surface area contributed by atoms with Gasteiger partial charge in [-0.15, -0.1) is 11.3 Å². The van der Waals surface area contributed by atoms with Gasteiger partial charge in [0.25, 0.3) is 5.56 Å². The van der Waals surface area contributed by atoms with Crippen LogP contribution in [0.2, 0.25) is 0 Å². The van der Waals surface area contributed by atoms with Crippen molar-refractivity contribution in [1.82, 2.24) is 4.98 Å². The minimum Gasteiger partial charge on any atom is -0.496 e. The molecular formula is C18H12N2O2S. The predicted molar refractivity (Wildman–Crippen MR) is 92.4 cm³/mol. The highest BCUT2D eigenvalue weighted by molar-refractivity contribution is 7.19. The summed E-state index contributed by atoms with van der Waals surface area (Å²) in [4.78, 5) is 16.2. The molecule has 0 fully saturated rings. The zero-order valence-electron chi connectivity index (χ0n) is 12.3. The number of para-hydroxylation sites is 1. The summed E-state index contributed by atoms with van der Waals surface area (Å²) in [6.07, 6.45) is 1.69. The first-order valence-corrected chi connectivity index (χ1v) is 7.69. The molecule has 1 heterocycles. The van der Waals surface area contributed by atoms with Gasteiger partial charge >= 0.3 is 0 Å². The number of fused-ring (bicyclic) bond motifs is 1. The fraction of sp³-hybridized carbons (Fsp3) is 0.0556. The monoisotopic (exact) mass is 320 g/mol. The fourth-order valence-corrected chi connectivity index (χ4v) is 3.17. The van der Waals surface area contributed by atoms with Crippen LogP contribution in [0, 0.1) is 11.3 Å². The Hall–Kier alpha value is -2.97. The van der Waals surface area contributed by atoms with Crippen LogP contribution in [0.5, 0.6) is 5.75 Å². The minimum atomic E-state index is -0.324. The van der Waals surface area contributed by atoms with Gasteiger partial charge in [-0.2, -0.15) is 10.2 Å². The smallest absolute Gasteiger partial charge is 0.279 e. The summed E-state index contributed by atoms with van der Waals surface area (Å²) in [5.41, 5.74) is 0.777. The maximum absolute atomic E-state index is 12.1. The number of aromatic nitrogens is 1. The second-order valence-corrected chi connectivity index (χ2v) is 5.76. The Balaban J connectivity index is 2.17. The molecule has 4 nitrogen and oxygen atoms in total. The normalized spacial score (nSPS) is 11.2. The highest BCUT2D eigenvalue weighted by Crippen LogP contribution is 2.27. The lowest BCUT2D eigenvalue weighted by atomic mass is 10.1. The summed E-state index contributed by atoms with van der Waals surface area (Å²) in [5.74, 6) is 0.661. The van der Waals surface area contributed by atoms with E-state index in [0.717, 1.165) is 10.3 Å². The van der Waals surface area contributed by atoms with Gasteiger partial charge in [0.15, 0.2) is 0 Å². The Morgan fingerprint density at radius 3 is 2.74 bits per heavy atom. The maximum Gasteiger partial charge on any atom is 0.279 e. The SMILES string of the molecule is COc1ccccc1C=C(C#N)c1nc(=O)c2ccccc2s1. The number of nitriles is 1. The van der Waals surface area contributed by atoms with Crippen molar-refractivity contribution in [3.05, 3.63) is 69.5 Å². The van der Waals surface area contributed by atoms with E-state index in [9.17, 15) is 10.1 Å². The molecule has 0 atom stereocenters. The van der Waals surface area contributed by atoms with Crippen molar-refractivity contribution >= 4 is 33.1 Å². The zero-order valence-corrected chi connectivity index (χ0v) is 13.1. The molecule has 0 amide bonds. The molecule has 0 bridgehead atoms. The van der Waals surface area contributed by atoms with Gasteiger partial charge in [-0.25, -0.2) is 0 Å². The van der Waals surface area contributed by atoms with E-state index in [2.05, 4.69) is 11.1 Å². The van der Waals surface area contributed by atoms with E-state index in [4.69, 9.17) is 4.74 Å². The van der Waals surface area contributed by atoms with E-state index in [1.54, 1.807) is 25.3 Å². The molecule has 0 saturated carbocycles. The molecule has 1 aromatic heterocycles. The lowest BCUT2D eigenvalue weighted by Gasteiger charge is -2.05. The van der Waals surface area contributed by atoms with E-state index in [0.29, 0.717) is 21.7 Å². The van der Waals surface area contributed by atoms with Crippen LogP contribution in [-0.4, -0.2) is 12.1 Å². The summed E-state index contributed by atoms with van der Waals surface area (Å²) in [5, 5.41) is 10.4. The molecule has 3 aromatic rings. The molecule has 0 aliphatic carbocycles. The molecule has 0 spiro atoms. The number of benzene rings is 2. The topological polar surface area (TPSA) is 63.0 Å². The summed E-state index contributed by atoms with van der Waals surface area (Å²) in [7, 11) is 1.57. The number of ether oxygens (including phenoxy) is 1. The molecule has 5 heteroatoms. The molecule has 23 heavy (non-hydrogen) atoms. The number of methoxy groups -OCH3 is 1. The molecule has 0 aliphatic heterocycles. The van der Waals surface area contributed by atoms with Crippen LogP contribution in [-0.2, 0) is 0 Å². The van der Waals surface area contributed by atoms with E-state index < -0.39 is 0 Å². The van der Waals surface area contributed by atoms with Crippen LogP contribution in [0.4, 0.5) is 0 Å². The molecule has 0 unspecified atom stereocenters. The van der Waals surface area contributed by atoms with Crippen molar-refractivity contribution < 1.29 is 4.74 Å². The Labute approximate surface area is 136 Å². The van der Waals surface area contributed by atoms with Crippen molar-refractivity contribution in [2.75, 3.05) is 7.11 Å². The van der Waals surface area contributed by atoms with Crippen LogP contribution < -0.4 is 10.3 Å². The quantitative estimate of drug-likeness (QED) is 0.690. The second-order valence-electron chi connectivity index (χ2n) is 4.73. The Bertz CT molecular complexity index is 1000. The van der Waals surface area contributed by atoms with Crippen LogP contribution in [0.25, 0.3) is 21.7 Å². The number of allylic oxidation sites excluding steroid dienone is 1. The standard InChI is InChI=1S/C18H12N2O2S/c1-22-15-8-4-2-6-12(15)10-13(11-19)18-20-17(21)14-7-3-5-9-16(14)23-18/h2-10H,1H3.